The Labute approximate surface area is 181 Å². The van der Waals surface area contributed by atoms with Crippen molar-refractivity contribution < 1.29 is 13.2 Å². The molecule has 0 aliphatic rings. The summed E-state index contributed by atoms with van der Waals surface area (Å²) in [5.41, 5.74) is 8.06. The minimum Gasteiger partial charge on any atom is -0.339 e. The van der Waals surface area contributed by atoms with Crippen molar-refractivity contribution in [1.82, 2.24) is 0 Å². The largest absolute Gasteiger partial charge is 0.416 e. The highest BCUT2D eigenvalue weighted by Crippen LogP contribution is 2.31. The van der Waals surface area contributed by atoms with Gasteiger partial charge in [0.1, 0.15) is 5.84 Å². The lowest BCUT2D eigenvalue weighted by atomic mass is 10.0. The zero-order chi connectivity index (χ0) is 22.9. The molecule has 5 heteroatoms. The van der Waals surface area contributed by atoms with Crippen molar-refractivity contribution in [2.24, 2.45) is 4.99 Å². The minimum atomic E-state index is -4.38. The van der Waals surface area contributed by atoms with Gasteiger partial charge >= 0.3 is 6.18 Å². The molecule has 3 aromatic carbocycles. The molecule has 0 aliphatic carbocycles. The molecule has 0 aliphatic heterocycles. The number of hydrogen-bond donors (Lipinski definition) is 1. The number of nitrogens with one attached hydrogen (secondary N) is 1. The van der Waals surface area contributed by atoms with E-state index in [0.717, 1.165) is 56.9 Å². The number of alkyl halides is 3. The van der Waals surface area contributed by atoms with Crippen LogP contribution in [0, 0.1) is 41.5 Å². The molecule has 1 N–H and O–H groups in total. The summed E-state index contributed by atoms with van der Waals surface area (Å²) in [6.45, 7) is 12.1. The van der Waals surface area contributed by atoms with Crippen LogP contribution in [0.4, 0.5) is 24.5 Å². The van der Waals surface area contributed by atoms with E-state index in [2.05, 4.69) is 29.6 Å². The van der Waals surface area contributed by atoms with E-state index >= 15 is 0 Å². The van der Waals surface area contributed by atoms with E-state index in [9.17, 15) is 13.2 Å². The fourth-order valence-electron chi connectivity index (χ4n) is 3.94. The molecule has 31 heavy (non-hydrogen) atoms. The first-order valence-corrected chi connectivity index (χ1v) is 10.1. The van der Waals surface area contributed by atoms with Crippen molar-refractivity contribution in [3.05, 3.63) is 93.0 Å². The van der Waals surface area contributed by atoms with Crippen molar-refractivity contribution in [1.29, 1.82) is 0 Å². The second-order valence-corrected chi connectivity index (χ2v) is 8.18. The lowest BCUT2D eigenvalue weighted by Crippen LogP contribution is -2.16. The Morgan fingerprint density at radius 1 is 0.710 bits per heavy atom. The first-order chi connectivity index (χ1) is 14.5. The van der Waals surface area contributed by atoms with Gasteiger partial charge in [0, 0.05) is 11.3 Å². The number of nitrogens with zero attached hydrogens (tertiary/aromatic N) is 1. The van der Waals surface area contributed by atoms with Gasteiger partial charge in [-0.15, -0.1) is 0 Å². The summed E-state index contributed by atoms with van der Waals surface area (Å²) < 4.78 is 39.2. The number of amidine groups is 1. The number of hydrogen-bond acceptors (Lipinski definition) is 1. The molecular formula is C26H27F3N2. The van der Waals surface area contributed by atoms with Crippen LogP contribution in [0.2, 0.25) is 0 Å². The predicted octanol–water partition coefficient (Wildman–Crippen LogP) is 7.75. The Hall–Kier alpha value is -3.08. The van der Waals surface area contributed by atoms with Crippen LogP contribution in [0.1, 0.15) is 44.5 Å². The highest BCUT2D eigenvalue weighted by atomic mass is 19.4. The van der Waals surface area contributed by atoms with Crippen LogP contribution < -0.4 is 5.32 Å². The monoisotopic (exact) mass is 424 g/mol. The van der Waals surface area contributed by atoms with Crippen LogP contribution in [-0.4, -0.2) is 5.84 Å². The van der Waals surface area contributed by atoms with Crippen LogP contribution >= 0.6 is 0 Å². The van der Waals surface area contributed by atoms with Crippen molar-refractivity contribution >= 4 is 17.2 Å². The standard InChI is InChI=1S/C26H27F3N2/c1-15-11-17(3)23(18(4)12-15)30-25(21-7-9-22(10-8-21)26(27,28)29)31-24-19(5)13-16(2)14-20(24)6/h7-14H,1-6H3,(H,30,31). The number of halogens is 3. The summed E-state index contributed by atoms with van der Waals surface area (Å²) in [6.07, 6.45) is -4.38. The fourth-order valence-corrected chi connectivity index (χ4v) is 3.94. The molecule has 0 unspecified atom stereocenters. The van der Waals surface area contributed by atoms with Crippen LogP contribution in [0.3, 0.4) is 0 Å². The van der Waals surface area contributed by atoms with E-state index in [1.54, 1.807) is 0 Å². The van der Waals surface area contributed by atoms with Gasteiger partial charge in [-0.3, -0.25) is 0 Å². The summed E-state index contributed by atoms with van der Waals surface area (Å²) in [7, 11) is 0. The molecule has 0 saturated carbocycles. The molecule has 0 spiro atoms. The predicted molar refractivity (Wildman–Crippen MR) is 123 cm³/mol. The van der Waals surface area contributed by atoms with Gasteiger partial charge in [0.15, 0.2) is 0 Å². The third kappa shape index (κ3) is 5.16. The zero-order valence-electron chi connectivity index (χ0n) is 18.7. The summed E-state index contributed by atoms with van der Waals surface area (Å²) in [5, 5.41) is 3.40. The second-order valence-electron chi connectivity index (χ2n) is 8.18. The minimum absolute atomic E-state index is 0.513. The molecule has 0 fully saturated rings. The number of anilines is 1. The molecule has 0 aromatic heterocycles. The van der Waals surface area contributed by atoms with Crippen LogP contribution in [0.5, 0.6) is 0 Å². The Morgan fingerprint density at radius 2 is 1.16 bits per heavy atom. The normalized spacial score (nSPS) is 12.2. The highest BCUT2D eigenvalue weighted by molar-refractivity contribution is 6.10. The number of aliphatic imine (C=N–C) groups is 1. The quantitative estimate of drug-likeness (QED) is 0.337. The first kappa shape index (κ1) is 22.6. The zero-order valence-corrected chi connectivity index (χ0v) is 18.7. The molecule has 0 radical (unpaired) electrons. The average Bonchev–Trinajstić information content (AvgIpc) is 2.65. The topological polar surface area (TPSA) is 24.4 Å². The summed E-state index contributed by atoms with van der Waals surface area (Å²) >= 11 is 0. The van der Waals surface area contributed by atoms with E-state index in [4.69, 9.17) is 4.99 Å². The molecule has 0 amide bonds. The highest BCUT2D eigenvalue weighted by Gasteiger charge is 2.30. The van der Waals surface area contributed by atoms with Gasteiger partial charge in [-0.05, 0) is 75.9 Å². The van der Waals surface area contributed by atoms with Gasteiger partial charge < -0.3 is 5.32 Å². The molecular weight excluding hydrogens is 397 g/mol. The smallest absolute Gasteiger partial charge is 0.339 e. The van der Waals surface area contributed by atoms with Crippen LogP contribution in [0.25, 0.3) is 0 Å². The van der Waals surface area contributed by atoms with Gasteiger partial charge in [0.05, 0.1) is 11.3 Å². The van der Waals surface area contributed by atoms with Gasteiger partial charge in [0.2, 0.25) is 0 Å². The average molecular weight is 425 g/mol. The molecule has 3 rings (SSSR count). The SMILES string of the molecule is Cc1cc(C)c(N=C(Nc2c(C)cc(C)cc2C)c2ccc(C(F)(F)F)cc2)c(C)c1. The molecule has 0 heterocycles. The molecule has 2 nitrogen and oxygen atoms in total. The van der Waals surface area contributed by atoms with Gasteiger partial charge in [-0.1, -0.05) is 47.5 Å². The van der Waals surface area contributed by atoms with E-state index in [0.29, 0.717) is 11.4 Å². The number of aryl methyl sites for hydroxylation is 6. The van der Waals surface area contributed by atoms with Crippen molar-refractivity contribution in [3.8, 4) is 0 Å². The summed E-state index contributed by atoms with van der Waals surface area (Å²) in [6, 6.07) is 13.4. The van der Waals surface area contributed by atoms with E-state index in [-0.39, 0.29) is 0 Å². The van der Waals surface area contributed by atoms with Gasteiger partial charge in [-0.2, -0.15) is 13.2 Å². The lowest BCUT2D eigenvalue weighted by Gasteiger charge is -2.18. The van der Waals surface area contributed by atoms with Gasteiger partial charge in [0.25, 0.3) is 0 Å². The number of benzene rings is 3. The van der Waals surface area contributed by atoms with E-state index in [1.165, 1.54) is 12.1 Å². The number of rotatable bonds is 3. The maximum atomic E-state index is 13.1. The molecule has 0 atom stereocenters. The molecule has 3 aromatic rings. The third-order valence-corrected chi connectivity index (χ3v) is 5.27. The van der Waals surface area contributed by atoms with Crippen LogP contribution in [-0.2, 0) is 6.18 Å². The van der Waals surface area contributed by atoms with E-state index in [1.807, 2.05) is 41.5 Å². The van der Waals surface area contributed by atoms with Crippen molar-refractivity contribution in [3.63, 3.8) is 0 Å². The summed E-state index contributed by atoms with van der Waals surface area (Å²) in [5.74, 6) is 0.513. The van der Waals surface area contributed by atoms with Gasteiger partial charge in [-0.25, -0.2) is 4.99 Å². The first-order valence-electron chi connectivity index (χ1n) is 10.1. The maximum Gasteiger partial charge on any atom is 0.416 e. The lowest BCUT2D eigenvalue weighted by molar-refractivity contribution is -0.137. The Bertz CT molecular complexity index is 1090. The summed E-state index contributed by atoms with van der Waals surface area (Å²) in [4.78, 5) is 4.89. The second kappa shape index (κ2) is 8.58. The van der Waals surface area contributed by atoms with Crippen LogP contribution in [0.15, 0.2) is 53.5 Å². The fraction of sp³-hybridized carbons (Fsp3) is 0.269. The molecule has 0 bridgehead atoms. The van der Waals surface area contributed by atoms with Crippen molar-refractivity contribution in [2.75, 3.05) is 5.32 Å². The third-order valence-electron chi connectivity index (χ3n) is 5.27. The Morgan fingerprint density at radius 3 is 1.61 bits per heavy atom. The Balaban J connectivity index is 2.15. The van der Waals surface area contributed by atoms with E-state index < -0.39 is 11.7 Å². The molecule has 162 valence electrons. The maximum absolute atomic E-state index is 13.1. The van der Waals surface area contributed by atoms with Crippen molar-refractivity contribution in [2.45, 2.75) is 47.7 Å². The molecule has 0 saturated heterocycles. The Kier molecular flexibility index (Phi) is 6.25.